The first-order valence-electron chi connectivity index (χ1n) is 5.92. The van der Waals surface area contributed by atoms with Gasteiger partial charge in [-0.05, 0) is 35.2 Å². The van der Waals surface area contributed by atoms with E-state index in [1.54, 1.807) is 12.1 Å². The molecule has 2 rings (SSSR count). The van der Waals surface area contributed by atoms with Gasteiger partial charge >= 0.3 is 11.6 Å². The summed E-state index contributed by atoms with van der Waals surface area (Å²) in [6.45, 7) is 4.15. The van der Waals surface area contributed by atoms with Gasteiger partial charge in [0.05, 0.1) is 4.92 Å². The molecule has 0 radical (unpaired) electrons. The molecule has 7 heteroatoms. The van der Waals surface area contributed by atoms with Crippen LogP contribution in [0.5, 0.6) is 11.6 Å². The van der Waals surface area contributed by atoms with Crippen molar-refractivity contribution in [1.82, 2.24) is 9.97 Å². The van der Waals surface area contributed by atoms with Crippen LogP contribution in [0.2, 0.25) is 5.28 Å². The molecule has 1 heterocycles. The summed E-state index contributed by atoms with van der Waals surface area (Å²) in [5, 5.41) is 10.8. The second kappa shape index (κ2) is 5.83. The summed E-state index contributed by atoms with van der Waals surface area (Å²) in [5.41, 5.74) is 0.815. The van der Waals surface area contributed by atoms with Crippen LogP contribution in [0.25, 0.3) is 0 Å². The summed E-state index contributed by atoms with van der Waals surface area (Å²) >= 11 is 5.63. The van der Waals surface area contributed by atoms with Crippen LogP contribution >= 0.6 is 11.6 Å². The summed E-state index contributed by atoms with van der Waals surface area (Å²) in [6, 6.07) is 7.26. The standard InChI is InChI=1S/C13H12ClN3O3/c1-8(2)9-3-5-10(6-4-9)20-12-11(17(18)19)7-15-13(14)16-12/h3-8H,1-2H3. The van der Waals surface area contributed by atoms with E-state index in [0.717, 1.165) is 11.8 Å². The van der Waals surface area contributed by atoms with Gasteiger partial charge in [0.15, 0.2) is 0 Å². The molecule has 0 saturated carbocycles. The molecule has 0 spiro atoms. The predicted molar refractivity (Wildman–Crippen MR) is 74.3 cm³/mol. The van der Waals surface area contributed by atoms with E-state index in [1.165, 1.54) is 0 Å². The molecule has 0 fully saturated rings. The number of hydrogen-bond donors (Lipinski definition) is 0. The first-order chi connectivity index (χ1) is 9.47. The van der Waals surface area contributed by atoms with E-state index in [0.29, 0.717) is 11.7 Å². The van der Waals surface area contributed by atoms with Crippen molar-refractivity contribution in [3.63, 3.8) is 0 Å². The molecule has 1 aromatic carbocycles. The van der Waals surface area contributed by atoms with Gasteiger partial charge in [0.2, 0.25) is 5.28 Å². The third-order valence-electron chi connectivity index (χ3n) is 2.66. The molecule has 0 atom stereocenters. The lowest BCUT2D eigenvalue weighted by atomic mass is 10.0. The number of rotatable bonds is 4. The van der Waals surface area contributed by atoms with Crippen molar-refractivity contribution in [1.29, 1.82) is 0 Å². The fourth-order valence-electron chi connectivity index (χ4n) is 1.57. The highest BCUT2D eigenvalue weighted by Crippen LogP contribution is 2.30. The largest absolute Gasteiger partial charge is 0.434 e. The predicted octanol–water partition coefficient (Wildman–Crippen LogP) is 3.95. The zero-order valence-corrected chi connectivity index (χ0v) is 11.7. The fraction of sp³-hybridized carbons (Fsp3) is 0.231. The normalized spacial score (nSPS) is 10.6. The van der Waals surface area contributed by atoms with Crippen molar-refractivity contribution in [2.24, 2.45) is 0 Å². The third kappa shape index (κ3) is 3.21. The highest BCUT2D eigenvalue weighted by molar-refractivity contribution is 6.28. The average Bonchev–Trinajstić information content (AvgIpc) is 2.39. The topological polar surface area (TPSA) is 78.2 Å². The van der Waals surface area contributed by atoms with Gasteiger partial charge in [-0.15, -0.1) is 0 Å². The van der Waals surface area contributed by atoms with Crippen molar-refractivity contribution in [3.05, 3.63) is 51.4 Å². The van der Waals surface area contributed by atoms with Crippen molar-refractivity contribution in [3.8, 4) is 11.6 Å². The van der Waals surface area contributed by atoms with E-state index in [4.69, 9.17) is 16.3 Å². The maximum atomic E-state index is 10.9. The van der Waals surface area contributed by atoms with Gasteiger partial charge in [-0.25, -0.2) is 4.98 Å². The Morgan fingerprint density at radius 1 is 1.30 bits per heavy atom. The van der Waals surface area contributed by atoms with Crippen LogP contribution in [0, 0.1) is 10.1 Å². The van der Waals surface area contributed by atoms with Crippen LogP contribution in [0.3, 0.4) is 0 Å². The molecule has 1 aromatic heterocycles. The van der Waals surface area contributed by atoms with Gasteiger partial charge in [-0.3, -0.25) is 10.1 Å². The molecule has 0 N–H and O–H groups in total. The van der Waals surface area contributed by atoms with Crippen LogP contribution in [0.4, 0.5) is 5.69 Å². The number of ether oxygens (including phenoxy) is 1. The van der Waals surface area contributed by atoms with Crippen LogP contribution in [0.15, 0.2) is 30.5 Å². The maximum Gasteiger partial charge on any atom is 0.349 e. The highest BCUT2D eigenvalue weighted by Gasteiger charge is 2.19. The Kier molecular flexibility index (Phi) is 4.14. The van der Waals surface area contributed by atoms with Gasteiger partial charge in [0.25, 0.3) is 0 Å². The van der Waals surface area contributed by atoms with Gasteiger partial charge in [-0.1, -0.05) is 26.0 Å². The van der Waals surface area contributed by atoms with Crippen LogP contribution < -0.4 is 4.74 Å². The number of hydrogen-bond acceptors (Lipinski definition) is 5. The average molecular weight is 294 g/mol. The van der Waals surface area contributed by atoms with E-state index in [2.05, 4.69) is 23.8 Å². The van der Waals surface area contributed by atoms with Gasteiger partial charge in [0.1, 0.15) is 11.9 Å². The molecular weight excluding hydrogens is 282 g/mol. The summed E-state index contributed by atoms with van der Waals surface area (Å²) < 4.78 is 5.41. The molecule has 0 aliphatic heterocycles. The third-order valence-corrected chi connectivity index (χ3v) is 2.85. The van der Waals surface area contributed by atoms with Crippen LogP contribution in [0.1, 0.15) is 25.3 Å². The molecule has 0 aliphatic rings. The van der Waals surface area contributed by atoms with E-state index in [1.807, 2.05) is 12.1 Å². The molecule has 2 aromatic rings. The summed E-state index contributed by atoms with van der Waals surface area (Å²) in [7, 11) is 0. The minimum absolute atomic E-state index is 0.107. The lowest BCUT2D eigenvalue weighted by molar-refractivity contribution is -0.386. The molecule has 0 amide bonds. The Balaban J connectivity index is 2.29. The minimum atomic E-state index is -0.617. The molecule has 104 valence electrons. The monoisotopic (exact) mass is 293 g/mol. The zero-order valence-electron chi connectivity index (χ0n) is 10.9. The van der Waals surface area contributed by atoms with E-state index < -0.39 is 4.92 Å². The molecule has 0 aliphatic carbocycles. The maximum absolute atomic E-state index is 10.9. The van der Waals surface area contributed by atoms with Crippen molar-refractivity contribution < 1.29 is 9.66 Å². The first-order valence-corrected chi connectivity index (χ1v) is 6.30. The van der Waals surface area contributed by atoms with E-state index in [-0.39, 0.29) is 16.9 Å². The van der Waals surface area contributed by atoms with Gasteiger partial charge in [0, 0.05) is 0 Å². The van der Waals surface area contributed by atoms with Crippen molar-refractivity contribution in [2.75, 3.05) is 0 Å². The SMILES string of the molecule is CC(C)c1ccc(Oc2nc(Cl)ncc2[N+](=O)[O-])cc1. The number of halogens is 1. The Morgan fingerprint density at radius 2 is 1.95 bits per heavy atom. The Labute approximate surface area is 120 Å². The van der Waals surface area contributed by atoms with Crippen molar-refractivity contribution >= 4 is 17.3 Å². The fourth-order valence-corrected chi connectivity index (χ4v) is 1.70. The smallest absolute Gasteiger partial charge is 0.349 e. The molecule has 0 bridgehead atoms. The van der Waals surface area contributed by atoms with Crippen molar-refractivity contribution in [2.45, 2.75) is 19.8 Å². The first kappa shape index (κ1) is 14.2. The lowest BCUT2D eigenvalue weighted by Crippen LogP contribution is -1.98. The second-order valence-corrected chi connectivity index (χ2v) is 4.75. The Bertz CT molecular complexity index is 629. The molecular formula is C13H12ClN3O3. The van der Waals surface area contributed by atoms with Gasteiger partial charge in [-0.2, -0.15) is 4.98 Å². The zero-order chi connectivity index (χ0) is 14.7. The minimum Gasteiger partial charge on any atom is -0.434 e. The summed E-state index contributed by atoms with van der Waals surface area (Å²) in [4.78, 5) is 17.6. The second-order valence-electron chi connectivity index (χ2n) is 4.41. The number of aromatic nitrogens is 2. The molecule has 6 nitrogen and oxygen atoms in total. The molecule has 0 unspecified atom stereocenters. The lowest BCUT2D eigenvalue weighted by Gasteiger charge is -2.08. The Morgan fingerprint density at radius 3 is 2.50 bits per heavy atom. The van der Waals surface area contributed by atoms with E-state index in [9.17, 15) is 10.1 Å². The molecule has 20 heavy (non-hydrogen) atoms. The number of nitro groups is 1. The van der Waals surface area contributed by atoms with Gasteiger partial charge < -0.3 is 4.74 Å². The quantitative estimate of drug-likeness (QED) is 0.484. The number of benzene rings is 1. The molecule has 0 saturated heterocycles. The summed E-state index contributed by atoms with van der Waals surface area (Å²) in [5.74, 6) is 0.673. The van der Waals surface area contributed by atoms with Crippen LogP contribution in [-0.2, 0) is 0 Å². The van der Waals surface area contributed by atoms with Crippen LogP contribution in [-0.4, -0.2) is 14.9 Å². The number of nitrogens with zero attached hydrogens (tertiary/aromatic N) is 3. The summed E-state index contributed by atoms with van der Waals surface area (Å²) in [6.07, 6.45) is 1.02. The van der Waals surface area contributed by atoms with E-state index >= 15 is 0 Å². The highest BCUT2D eigenvalue weighted by atomic mass is 35.5. The Hall–Kier alpha value is -2.21.